The van der Waals surface area contributed by atoms with Crippen LogP contribution in [0.5, 0.6) is 0 Å². The molecule has 1 aliphatic rings. The topological polar surface area (TPSA) is 30.0 Å². The molecule has 74 valence electrons. The van der Waals surface area contributed by atoms with E-state index in [1.54, 1.807) is 6.20 Å². The molecule has 0 bridgehead atoms. The van der Waals surface area contributed by atoms with Crippen molar-refractivity contribution in [1.82, 2.24) is 4.98 Å². The highest BCUT2D eigenvalue weighted by Crippen LogP contribution is 2.29. The summed E-state index contributed by atoms with van der Waals surface area (Å²) in [4.78, 5) is 15.3. The molecule has 1 heterocycles. The summed E-state index contributed by atoms with van der Waals surface area (Å²) in [6.45, 7) is 0. The second-order valence-electron chi connectivity index (χ2n) is 3.70. The number of pyridine rings is 1. The molecule has 0 N–H and O–H groups in total. The zero-order valence-corrected chi connectivity index (χ0v) is 7.87. The standard InChI is InChI=1S/C11H12FNO/c12-9-5-8(6-13-7-9)10-3-1-2-4-11(10)14/h5-7,10H,1-4H2. The van der Waals surface area contributed by atoms with Crippen LogP contribution in [0.2, 0.25) is 0 Å². The second-order valence-corrected chi connectivity index (χ2v) is 3.70. The molecular weight excluding hydrogens is 181 g/mol. The van der Waals surface area contributed by atoms with Crippen molar-refractivity contribution in [3.8, 4) is 0 Å². The van der Waals surface area contributed by atoms with E-state index in [4.69, 9.17) is 0 Å². The molecule has 2 nitrogen and oxygen atoms in total. The molecule has 1 aromatic heterocycles. The predicted molar refractivity (Wildman–Crippen MR) is 50.4 cm³/mol. The molecule has 2 rings (SSSR count). The van der Waals surface area contributed by atoms with Gasteiger partial charge in [-0.15, -0.1) is 0 Å². The third-order valence-electron chi connectivity index (χ3n) is 2.68. The van der Waals surface area contributed by atoms with Crippen LogP contribution in [-0.2, 0) is 4.79 Å². The third kappa shape index (κ3) is 1.81. The number of rotatable bonds is 1. The van der Waals surface area contributed by atoms with Crippen molar-refractivity contribution < 1.29 is 9.18 Å². The summed E-state index contributed by atoms with van der Waals surface area (Å²) >= 11 is 0. The maximum absolute atomic E-state index is 12.9. The number of carbonyl (C=O) groups is 1. The van der Waals surface area contributed by atoms with Crippen LogP contribution >= 0.6 is 0 Å². The van der Waals surface area contributed by atoms with Crippen LogP contribution in [0.15, 0.2) is 18.5 Å². The Morgan fingerprint density at radius 1 is 1.36 bits per heavy atom. The van der Waals surface area contributed by atoms with Crippen molar-refractivity contribution in [3.05, 3.63) is 29.8 Å². The average molecular weight is 193 g/mol. The van der Waals surface area contributed by atoms with Crippen LogP contribution in [0, 0.1) is 5.82 Å². The first-order valence-corrected chi connectivity index (χ1v) is 4.90. The van der Waals surface area contributed by atoms with E-state index in [-0.39, 0.29) is 17.5 Å². The van der Waals surface area contributed by atoms with Gasteiger partial charge >= 0.3 is 0 Å². The Kier molecular flexibility index (Phi) is 2.57. The summed E-state index contributed by atoms with van der Waals surface area (Å²) in [5.41, 5.74) is 0.731. The number of nitrogens with zero attached hydrogens (tertiary/aromatic N) is 1. The lowest BCUT2D eigenvalue weighted by Gasteiger charge is -2.20. The minimum Gasteiger partial charge on any atom is -0.299 e. The van der Waals surface area contributed by atoms with Gasteiger partial charge in [-0.25, -0.2) is 4.39 Å². The Labute approximate surface area is 82.2 Å². The third-order valence-corrected chi connectivity index (χ3v) is 2.68. The summed E-state index contributed by atoms with van der Waals surface area (Å²) in [7, 11) is 0. The molecule has 1 fully saturated rings. The molecule has 1 aromatic rings. The molecule has 0 aromatic carbocycles. The second kappa shape index (κ2) is 3.86. The van der Waals surface area contributed by atoms with Gasteiger partial charge in [0, 0.05) is 18.5 Å². The average Bonchev–Trinajstić information content (AvgIpc) is 2.18. The Bertz CT molecular complexity index is 351. The van der Waals surface area contributed by atoms with E-state index in [2.05, 4.69) is 4.98 Å². The highest BCUT2D eigenvalue weighted by Gasteiger charge is 2.24. The molecule has 0 saturated heterocycles. The molecule has 0 spiro atoms. The smallest absolute Gasteiger partial charge is 0.141 e. The van der Waals surface area contributed by atoms with Gasteiger partial charge in [0.1, 0.15) is 11.6 Å². The summed E-state index contributed by atoms with van der Waals surface area (Å²) in [5.74, 6) is -0.253. The van der Waals surface area contributed by atoms with Gasteiger partial charge in [-0.2, -0.15) is 0 Å². The lowest BCUT2D eigenvalue weighted by molar-refractivity contribution is -0.121. The summed E-state index contributed by atoms with van der Waals surface area (Å²) in [5, 5.41) is 0. The molecule has 1 aliphatic carbocycles. The molecule has 14 heavy (non-hydrogen) atoms. The Hall–Kier alpha value is -1.25. The maximum Gasteiger partial charge on any atom is 0.141 e. The number of halogens is 1. The Morgan fingerprint density at radius 2 is 2.21 bits per heavy atom. The van der Waals surface area contributed by atoms with Gasteiger partial charge < -0.3 is 0 Å². The molecule has 0 amide bonds. The van der Waals surface area contributed by atoms with Crippen molar-refractivity contribution >= 4 is 5.78 Å². The van der Waals surface area contributed by atoms with Crippen LogP contribution in [0.4, 0.5) is 4.39 Å². The number of hydrogen-bond donors (Lipinski definition) is 0. The Balaban J connectivity index is 2.24. The number of Topliss-reactive ketones (excluding diaryl/α,β-unsaturated/α-hetero) is 1. The molecule has 1 unspecified atom stereocenters. The number of carbonyl (C=O) groups excluding carboxylic acids is 1. The Morgan fingerprint density at radius 3 is 2.93 bits per heavy atom. The molecule has 1 saturated carbocycles. The zero-order chi connectivity index (χ0) is 9.97. The first-order valence-electron chi connectivity index (χ1n) is 4.90. The fourth-order valence-electron chi connectivity index (χ4n) is 1.95. The van der Waals surface area contributed by atoms with Crippen molar-refractivity contribution in [3.63, 3.8) is 0 Å². The van der Waals surface area contributed by atoms with E-state index in [0.717, 1.165) is 31.0 Å². The minimum absolute atomic E-state index is 0.119. The quantitative estimate of drug-likeness (QED) is 0.685. The molecule has 3 heteroatoms. The summed E-state index contributed by atoms with van der Waals surface area (Å²) in [6.07, 6.45) is 6.24. The summed E-state index contributed by atoms with van der Waals surface area (Å²) < 4.78 is 12.9. The molecule has 1 atom stereocenters. The van der Waals surface area contributed by atoms with E-state index in [1.165, 1.54) is 6.07 Å². The molecule has 0 radical (unpaired) electrons. The van der Waals surface area contributed by atoms with Crippen molar-refractivity contribution in [2.75, 3.05) is 0 Å². The van der Waals surface area contributed by atoms with Crippen LogP contribution in [-0.4, -0.2) is 10.8 Å². The molecular formula is C11H12FNO. The number of aromatic nitrogens is 1. The lowest BCUT2D eigenvalue weighted by atomic mass is 9.84. The fraction of sp³-hybridized carbons (Fsp3) is 0.455. The highest BCUT2D eigenvalue weighted by atomic mass is 19.1. The largest absolute Gasteiger partial charge is 0.299 e. The number of hydrogen-bond acceptors (Lipinski definition) is 2. The van der Waals surface area contributed by atoms with Gasteiger partial charge in [-0.1, -0.05) is 6.42 Å². The van der Waals surface area contributed by atoms with E-state index >= 15 is 0 Å². The van der Waals surface area contributed by atoms with Gasteiger partial charge in [-0.05, 0) is 24.5 Å². The first kappa shape index (κ1) is 9.31. The van der Waals surface area contributed by atoms with Crippen LogP contribution in [0.1, 0.15) is 37.2 Å². The van der Waals surface area contributed by atoms with Gasteiger partial charge in [-0.3, -0.25) is 9.78 Å². The SMILES string of the molecule is O=C1CCCCC1c1cncc(F)c1. The molecule has 0 aliphatic heterocycles. The monoisotopic (exact) mass is 193 g/mol. The van der Waals surface area contributed by atoms with Gasteiger partial charge in [0.2, 0.25) is 0 Å². The van der Waals surface area contributed by atoms with E-state index in [0.29, 0.717) is 6.42 Å². The van der Waals surface area contributed by atoms with Crippen molar-refractivity contribution in [2.45, 2.75) is 31.6 Å². The minimum atomic E-state index is -0.360. The van der Waals surface area contributed by atoms with Crippen LogP contribution < -0.4 is 0 Å². The van der Waals surface area contributed by atoms with Crippen LogP contribution in [0.25, 0.3) is 0 Å². The highest BCUT2D eigenvalue weighted by molar-refractivity contribution is 5.86. The normalized spacial score (nSPS) is 22.4. The van der Waals surface area contributed by atoms with Crippen molar-refractivity contribution in [2.24, 2.45) is 0 Å². The maximum atomic E-state index is 12.9. The zero-order valence-electron chi connectivity index (χ0n) is 7.87. The van der Waals surface area contributed by atoms with Crippen molar-refractivity contribution in [1.29, 1.82) is 0 Å². The van der Waals surface area contributed by atoms with E-state index < -0.39 is 0 Å². The van der Waals surface area contributed by atoms with E-state index in [1.807, 2.05) is 0 Å². The fourth-order valence-corrected chi connectivity index (χ4v) is 1.95. The first-order chi connectivity index (χ1) is 6.77. The van der Waals surface area contributed by atoms with E-state index in [9.17, 15) is 9.18 Å². The van der Waals surface area contributed by atoms with Gasteiger partial charge in [0.25, 0.3) is 0 Å². The van der Waals surface area contributed by atoms with Crippen LogP contribution in [0.3, 0.4) is 0 Å². The lowest BCUT2D eigenvalue weighted by Crippen LogP contribution is -2.17. The summed E-state index contributed by atoms with van der Waals surface area (Å²) in [6, 6.07) is 1.42. The van der Waals surface area contributed by atoms with Gasteiger partial charge in [0.05, 0.1) is 6.20 Å². The predicted octanol–water partition coefficient (Wildman–Crippen LogP) is 2.45. The number of ketones is 1. The van der Waals surface area contributed by atoms with Gasteiger partial charge in [0.15, 0.2) is 0 Å².